The fraction of sp³-hybridized carbons (Fsp3) is 0.267. The molecule has 0 atom stereocenters. The van der Waals surface area contributed by atoms with Gasteiger partial charge in [0, 0.05) is 18.7 Å². The Morgan fingerprint density at radius 3 is 2.84 bits per heavy atom. The Morgan fingerprint density at radius 1 is 1.21 bits per heavy atom. The summed E-state index contributed by atoms with van der Waals surface area (Å²) in [6.45, 7) is 0.701. The normalized spacial score (nSPS) is 10.3. The molecule has 1 amide bonds. The van der Waals surface area contributed by atoms with E-state index in [0.29, 0.717) is 13.0 Å². The van der Waals surface area contributed by atoms with Gasteiger partial charge in [0.25, 0.3) is 0 Å². The Balaban J connectivity index is 1.67. The number of amides is 1. The predicted octanol–water partition coefficient (Wildman–Crippen LogP) is 2.62. The van der Waals surface area contributed by atoms with E-state index in [1.807, 2.05) is 24.3 Å². The molecule has 0 fully saturated rings. The Bertz CT molecular complexity index is 523. The summed E-state index contributed by atoms with van der Waals surface area (Å²) in [6, 6.07) is 9.76. The first-order valence-corrected chi connectivity index (χ1v) is 7.30. The Morgan fingerprint density at radius 2 is 2.11 bits per heavy atom. The summed E-state index contributed by atoms with van der Waals surface area (Å²) in [7, 11) is 0. The van der Waals surface area contributed by atoms with Gasteiger partial charge >= 0.3 is 0 Å². The van der Waals surface area contributed by atoms with Gasteiger partial charge < -0.3 is 11.1 Å². The van der Waals surface area contributed by atoms with Crippen LogP contribution in [0.1, 0.15) is 17.5 Å². The van der Waals surface area contributed by atoms with Crippen LogP contribution in [0.25, 0.3) is 0 Å². The molecule has 2 aromatic rings. The predicted molar refractivity (Wildman–Crippen MR) is 80.2 cm³/mol. The second-order valence-corrected chi connectivity index (χ2v) is 5.26. The molecule has 0 radical (unpaired) electrons. The van der Waals surface area contributed by atoms with E-state index in [9.17, 15) is 4.79 Å². The first-order chi connectivity index (χ1) is 9.24. The molecule has 0 aliphatic carbocycles. The van der Waals surface area contributed by atoms with Crippen LogP contribution in [-0.4, -0.2) is 12.5 Å². The minimum absolute atomic E-state index is 0.0951. The molecule has 100 valence electrons. The van der Waals surface area contributed by atoms with Gasteiger partial charge in [0.15, 0.2) is 0 Å². The van der Waals surface area contributed by atoms with Crippen molar-refractivity contribution in [2.45, 2.75) is 19.3 Å². The number of hydrogen-bond acceptors (Lipinski definition) is 3. The third-order valence-corrected chi connectivity index (χ3v) is 3.64. The maximum Gasteiger partial charge on any atom is 0.220 e. The summed E-state index contributed by atoms with van der Waals surface area (Å²) in [5.74, 6) is 0.0951. The zero-order valence-corrected chi connectivity index (χ0v) is 11.6. The van der Waals surface area contributed by atoms with Gasteiger partial charge in [-0.3, -0.25) is 4.79 Å². The van der Waals surface area contributed by atoms with Gasteiger partial charge in [0.05, 0.1) is 0 Å². The number of nitrogens with one attached hydrogen (secondary N) is 1. The van der Waals surface area contributed by atoms with E-state index in [1.165, 1.54) is 5.56 Å². The summed E-state index contributed by atoms with van der Waals surface area (Å²) in [5.41, 5.74) is 8.83. The van der Waals surface area contributed by atoms with Crippen LogP contribution in [0.3, 0.4) is 0 Å². The van der Waals surface area contributed by atoms with Gasteiger partial charge in [-0.2, -0.15) is 11.3 Å². The molecule has 0 spiro atoms. The van der Waals surface area contributed by atoms with Gasteiger partial charge in [-0.05, 0) is 52.9 Å². The van der Waals surface area contributed by atoms with Gasteiger partial charge in [0.2, 0.25) is 5.91 Å². The van der Waals surface area contributed by atoms with E-state index >= 15 is 0 Å². The molecule has 0 aliphatic heterocycles. The standard InChI is InChI=1S/C15H18N2OS/c16-14-3-1-2-12(10-14)4-5-15(18)17-8-6-13-7-9-19-11-13/h1-3,7,9-11H,4-6,8,16H2,(H,17,18). The van der Waals surface area contributed by atoms with E-state index in [4.69, 9.17) is 5.73 Å². The van der Waals surface area contributed by atoms with Crippen LogP contribution in [0.4, 0.5) is 5.69 Å². The smallest absolute Gasteiger partial charge is 0.220 e. The topological polar surface area (TPSA) is 55.1 Å². The van der Waals surface area contributed by atoms with E-state index in [1.54, 1.807) is 11.3 Å². The van der Waals surface area contributed by atoms with Crippen LogP contribution < -0.4 is 11.1 Å². The molecule has 3 N–H and O–H groups in total. The SMILES string of the molecule is Nc1cccc(CCC(=O)NCCc2ccsc2)c1. The lowest BCUT2D eigenvalue weighted by Crippen LogP contribution is -2.25. The molecule has 0 saturated carbocycles. The molecule has 0 aliphatic rings. The quantitative estimate of drug-likeness (QED) is 0.796. The summed E-state index contributed by atoms with van der Waals surface area (Å²) in [4.78, 5) is 11.7. The van der Waals surface area contributed by atoms with Crippen molar-refractivity contribution >= 4 is 22.9 Å². The minimum atomic E-state index is 0.0951. The number of carbonyl (C=O) groups excluding carboxylic acids is 1. The summed E-state index contributed by atoms with van der Waals surface area (Å²) in [6.07, 6.45) is 2.13. The summed E-state index contributed by atoms with van der Waals surface area (Å²) in [5, 5.41) is 7.10. The third kappa shape index (κ3) is 4.75. The minimum Gasteiger partial charge on any atom is -0.399 e. The third-order valence-electron chi connectivity index (χ3n) is 2.91. The molecule has 1 aromatic carbocycles. The van der Waals surface area contributed by atoms with Crippen LogP contribution in [0.2, 0.25) is 0 Å². The molecule has 1 aromatic heterocycles. The fourth-order valence-electron chi connectivity index (χ4n) is 1.88. The van der Waals surface area contributed by atoms with Crippen LogP contribution in [-0.2, 0) is 17.6 Å². The van der Waals surface area contributed by atoms with Crippen LogP contribution in [0.5, 0.6) is 0 Å². The highest BCUT2D eigenvalue weighted by atomic mass is 32.1. The van der Waals surface area contributed by atoms with E-state index < -0.39 is 0 Å². The highest BCUT2D eigenvalue weighted by molar-refractivity contribution is 7.07. The molecular weight excluding hydrogens is 256 g/mol. The number of nitrogen functional groups attached to an aromatic ring is 1. The molecule has 2 rings (SSSR count). The Labute approximate surface area is 117 Å². The maximum atomic E-state index is 11.7. The van der Waals surface area contributed by atoms with Crippen molar-refractivity contribution in [1.29, 1.82) is 0 Å². The Kier molecular flexibility index (Phi) is 4.98. The zero-order valence-electron chi connectivity index (χ0n) is 10.8. The number of aryl methyl sites for hydroxylation is 1. The molecular formula is C15H18N2OS. The first kappa shape index (κ1) is 13.6. The molecule has 0 unspecified atom stereocenters. The van der Waals surface area contributed by atoms with Gasteiger partial charge in [-0.25, -0.2) is 0 Å². The lowest BCUT2D eigenvalue weighted by Gasteiger charge is -2.05. The molecule has 19 heavy (non-hydrogen) atoms. The number of anilines is 1. The zero-order chi connectivity index (χ0) is 13.5. The number of carbonyl (C=O) groups is 1. The number of thiophene rings is 1. The first-order valence-electron chi connectivity index (χ1n) is 6.36. The van der Waals surface area contributed by atoms with E-state index in [2.05, 4.69) is 22.1 Å². The van der Waals surface area contributed by atoms with Crippen molar-refractivity contribution in [2.75, 3.05) is 12.3 Å². The monoisotopic (exact) mass is 274 g/mol. The molecule has 1 heterocycles. The number of rotatable bonds is 6. The van der Waals surface area contributed by atoms with Crippen molar-refractivity contribution in [3.63, 3.8) is 0 Å². The number of benzene rings is 1. The molecule has 0 bridgehead atoms. The average molecular weight is 274 g/mol. The van der Waals surface area contributed by atoms with Crippen molar-refractivity contribution in [1.82, 2.24) is 5.32 Å². The van der Waals surface area contributed by atoms with Crippen molar-refractivity contribution in [3.05, 3.63) is 52.2 Å². The highest BCUT2D eigenvalue weighted by Gasteiger charge is 2.02. The molecule has 4 heteroatoms. The van der Waals surface area contributed by atoms with Crippen LogP contribution in [0.15, 0.2) is 41.1 Å². The fourth-order valence-corrected chi connectivity index (χ4v) is 2.58. The van der Waals surface area contributed by atoms with E-state index in [0.717, 1.165) is 24.1 Å². The highest BCUT2D eigenvalue weighted by Crippen LogP contribution is 2.09. The molecule has 3 nitrogen and oxygen atoms in total. The van der Waals surface area contributed by atoms with Gasteiger partial charge in [0.1, 0.15) is 0 Å². The van der Waals surface area contributed by atoms with Crippen molar-refractivity contribution in [2.24, 2.45) is 0 Å². The van der Waals surface area contributed by atoms with E-state index in [-0.39, 0.29) is 5.91 Å². The summed E-state index contributed by atoms with van der Waals surface area (Å²) < 4.78 is 0. The molecule has 0 saturated heterocycles. The number of nitrogens with two attached hydrogens (primary N) is 1. The van der Waals surface area contributed by atoms with Gasteiger partial charge in [-0.1, -0.05) is 12.1 Å². The number of hydrogen-bond donors (Lipinski definition) is 2. The lowest BCUT2D eigenvalue weighted by atomic mass is 10.1. The second-order valence-electron chi connectivity index (χ2n) is 4.48. The average Bonchev–Trinajstić information content (AvgIpc) is 2.90. The van der Waals surface area contributed by atoms with Gasteiger partial charge in [-0.15, -0.1) is 0 Å². The summed E-state index contributed by atoms with van der Waals surface area (Å²) >= 11 is 1.68. The second kappa shape index (κ2) is 6.95. The lowest BCUT2D eigenvalue weighted by molar-refractivity contribution is -0.121. The van der Waals surface area contributed by atoms with Crippen LogP contribution >= 0.6 is 11.3 Å². The largest absolute Gasteiger partial charge is 0.399 e. The Hall–Kier alpha value is -1.81. The maximum absolute atomic E-state index is 11.7. The van der Waals surface area contributed by atoms with Crippen molar-refractivity contribution in [3.8, 4) is 0 Å². The van der Waals surface area contributed by atoms with Crippen molar-refractivity contribution < 1.29 is 4.79 Å². The van der Waals surface area contributed by atoms with Crippen LogP contribution in [0, 0.1) is 0 Å².